The number of imidazole rings is 1. The summed E-state index contributed by atoms with van der Waals surface area (Å²) in [5.74, 6) is -1.58. The maximum absolute atomic E-state index is 12.4. The fraction of sp³-hybridized carbons (Fsp3) is 0.447. The highest BCUT2D eigenvalue weighted by molar-refractivity contribution is 6.04. The molecule has 1 aromatic heterocycles. The summed E-state index contributed by atoms with van der Waals surface area (Å²) >= 11 is 0. The van der Waals surface area contributed by atoms with Crippen molar-refractivity contribution in [1.82, 2.24) is 14.9 Å². The van der Waals surface area contributed by atoms with Crippen molar-refractivity contribution in [2.75, 3.05) is 50.4 Å². The number of aromatic amines is 1. The number of esters is 4. The molecule has 1 atom stereocenters. The van der Waals surface area contributed by atoms with Gasteiger partial charge in [0.15, 0.2) is 0 Å². The first-order chi connectivity index (χ1) is 31.2. The predicted molar refractivity (Wildman–Crippen MR) is 246 cm³/mol. The van der Waals surface area contributed by atoms with Crippen molar-refractivity contribution < 1.29 is 57.6 Å². The summed E-state index contributed by atoms with van der Waals surface area (Å²) in [5, 5.41) is 10.3. The molecule has 8 rings (SSSR count). The number of carboxylic acid groups (broad SMARTS) is 1. The average Bonchev–Trinajstić information content (AvgIpc) is 4.14. The number of carboxylic acids is 1. The van der Waals surface area contributed by atoms with Crippen LogP contribution in [0.5, 0.6) is 0 Å². The summed E-state index contributed by atoms with van der Waals surface area (Å²) < 4.78 is 18.5. The Morgan fingerprint density at radius 2 is 1.23 bits per heavy atom. The van der Waals surface area contributed by atoms with Gasteiger partial charge in [-0.1, -0.05) is 57.7 Å². The molecule has 0 bridgehead atoms. The molecule has 2 aliphatic carbocycles. The molecule has 19 nitrogen and oxygen atoms in total. The zero-order chi connectivity index (χ0) is 49.0. The number of anilines is 4. The molecule has 66 heavy (non-hydrogen) atoms. The largest absolute Gasteiger partial charge is 0.481 e. The number of carbonyl (C=O) groups is 7. The molecule has 4 fully saturated rings. The SMILES string of the molecule is CC(=O)O.COC(=O)c1cccc(N)c1N.COC(=O)c1cccc(NC(=O)C2(C)CCCC2)c1N.COC(=O)c1cccc2[nH]c(C3(C)CCCC3)nc12.C[C@]12CCCN1C(=O)OC2=O. The third-order valence-corrected chi connectivity index (χ3v) is 12.2. The lowest BCUT2D eigenvalue weighted by Gasteiger charge is -2.23. The maximum Gasteiger partial charge on any atom is 0.418 e. The van der Waals surface area contributed by atoms with Gasteiger partial charge in [-0.2, -0.15) is 0 Å². The molecule has 4 aliphatic rings. The van der Waals surface area contributed by atoms with Crippen LogP contribution in [0.15, 0.2) is 54.6 Å². The van der Waals surface area contributed by atoms with Crippen LogP contribution in [0.1, 0.15) is 129 Å². The number of cyclic esters (lactones) is 2. The van der Waals surface area contributed by atoms with Crippen molar-refractivity contribution in [2.24, 2.45) is 5.41 Å². The van der Waals surface area contributed by atoms with E-state index in [1.807, 2.05) is 19.1 Å². The van der Waals surface area contributed by atoms with Crippen LogP contribution < -0.4 is 22.5 Å². The Labute approximate surface area is 383 Å². The molecule has 4 aromatic rings. The number of nitrogen functional groups attached to an aromatic ring is 3. The zero-order valence-corrected chi connectivity index (χ0v) is 38.5. The van der Waals surface area contributed by atoms with Gasteiger partial charge in [-0.25, -0.2) is 29.0 Å². The van der Waals surface area contributed by atoms with Crippen molar-refractivity contribution in [2.45, 2.75) is 103 Å². The van der Waals surface area contributed by atoms with Gasteiger partial charge in [0.25, 0.3) is 5.97 Å². The Balaban J connectivity index is 0.000000192. The fourth-order valence-electron chi connectivity index (χ4n) is 8.19. The number of hydrogen-bond acceptors (Lipinski definition) is 15. The highest BCUT2D eigenvalue weighted by atomic mass is 16.6. The number of ether oxygens (including phenoxy) is 4. The summed E-state index contributed by atoms with van der Waals surface area (Å²) in [6, 6.07) is 15.4. The van der Waals surface area contributed by atoms with Gasteiger partial charge >= 0.3 is 30.0 Å². The maximum atomic E-state index is 12.4. The first-order valence-corrected chi connectivity index (χ1v) is 21.5. The summed E-state index contributed by atoms with van der Waals surface area (Å²) in [7, 11) is 3.99. The number of methoxy groups -OCH3 is 3. The predicted octanol–water partition coefficient (Wildman–Crippen LogP) is 7.00. The number of para-hydroxylation sites is 3. The van der Waals surface area contributed by atoms with Gasteiger partial charge < -0.3 is 51.6 Å². The summed E-state index contributed by atoms with van der Waals surface area (Å²) in [5.41, 5.74) is 20.2. The van der Waals surface area contributed by atoms with Gasteiger partial charge in [0.05, 0.1) is 66.3 Å². The Morgan fingerprint density at radius 1 is 0.727 bits per heavy atom. The number of nitrogens with zero attached hydrogens (tertiary/aromatic N) is 2. The molecule has 3 heterocycles. The second kappa shape index (κ2) is 22.1. The number of aromatic nitrogens is 2. The second-order valence-electron chi connectivity index (χ2n) is 17.0. The Morgan fingerprint density at radius 3 is 1.79 bits per heavy atom. The van der Waals surface area contributed by atoms with Gasteiger partial charge in [-0.05, 0) is 81.8 Å². The number of benzene rings is 3. The smallest absolute Gasteiger partial charge is 0.418 e. The molecule has 0 unspecified atom stereocenters. The van der Waals surface area contributed by atoms with Crippen LogP contribution >= 0.6 is 0 Å². The third-order valence-electron chi connectivity index (χ3n) is 12.2. The van der Waals surface area contributed by atoms with Crippen molar-refractivity contribution in [3.05, 3.63) is 77.1 Å². The van der Waals surface area contributed by atoms with Crippen LogP contribution in [0.2, 0.25) is 0 Å². The lowest BCUT2D eigenvalue weighted by atomic mass is 9.87. The molecular formula is C47H61N7O12. The topological polar surface area (TPSA) is 299 Å². The van der Waals surface area contributed by atoms with E-state index in [0.29, 0.717) is 29.0 Å². The molecule has 2 aliphatic heterocycles. The first kappa shape index (κ1) is 51.5. The fourth-order valence-corrected chi connectivity index (χ4v) is 8.19. The van der Waals surface area contributed by atoms with E-state index in [9.17, 15) is 28.8 Å². The molecule has 2 saturated carbocycles. The van der Waals surface area contributed by atoms with Crippen LogP contribution in [-0.2, 0) is 38.7 Å². The number of nitrogens with one attached hydrogen (secondary N) is 2. The molecule has 356 valence electrons. The van der Waals surface area contributed by atoms with Gasteiger partial charge in [-0.15, -0.1) is 0 Å². The Hall–Kier alpha value is -7.18. The van der Waals surface area contributed by atoms with Crippen molar-refractivity contribution in [1.29, 1.82) is 0 Å². The normalized spacial score (nSPS) is 18.3. The Kier molecular flexibility index (Phi) is 17.3. The van der Waals surface area contributed by atoms with Crippen molar-refractivity contribution in [3.8, 4) is 0 Å². The van der Waals surface area contributed by atoms with E-state index >= 15 is 0 Å². The van der Waals surface area contributed by atoms with Gasteiger partial charge in [0, 0.05) is 24.3 Å². The number of fused-ring (bicyclic) bond motifs is 2. The molecule has 9 N–H and O–H groups in total. The van der Waals surface area contributed by atoms with Crippen LogP contribution in [0.25, 0.3) is 11.0 Å². The quantitative estimate of drug-likeness (QED) is 0.0491. The van der Waals surface area contributed by atoms with Gasteiger partial charge in [-0.3, -0.25) is 14.5 Å². The van der Waals surface area contributed by atoms with Crippen molar-refractivity contribution >= 4 is 75.6 Å². The highest BCUT2D eigenvalue weighted by Crippen LogP contribution is 2.41. The molecular weight excluding hydrogens is 855 g/mol. The first-order valence-electron chi connectivity index (χ1n) is 21.5. The number of amides is 2. The van der Waals surface area contributed by atoms with Gasteiger partial charge in [0.1, 0.15) is 16.9 Å². The number of nitrogens with two attached hydrogens (primary N) is 3. The molecule has 2 saturated heterocycles. The standard InChI is InChI=1S/C15H20N2O3.C15H18N2O2.C8H10N2O2.C7H9NO3.C2H4O2/c1-15(8-3-4-9-15)14(19)17-11-7-5-6-10(12(11)16)13(18)20-2;1-15(8-3-4-9-15)14-16-11-7-5-6-10(12(11)17-14)13(18)19-2;1-12-8(11)5-3-2-4-6(9)7(5)10;1-7-3-2-4-8(7)6(10)11-5(7)9;1-2(3)4/h5-7H,3-4,8-9,16H2,1-2H3,(H,17,19);5-7H,3-4,8-9H2,1-2H3,(H,16,17);2-4H,9-10H2,1H3;2-4H2,1H3;1H3,(H,3,4)/t;;;7-;/m...1./s1. The molecule has 0 radical (unpaired) electrons. The lowest BCUT2D eigenvalue weighted by Crippen LogP contribution is -2.41. The number of H-pyrrole nitrogens is 1. The molecule has 3 aromatic carbocycles. The van der Waals surface area contributed by atoms with Crippen LogP contribution in [0.3, 0.4) is 0 Å². The van der Waals surface area contributed by atoms with Gasteiger partial charge in [0.2, 0.25) is 5.91 Å². The van der Waals surface area contributed by atoms with E-state index in [4.69, 9.17) is 31.8 Å². The molecule has 0 spiro atoms. The molecule has 19 heteroatoms. The average molecular weight is 916 g/mol. The van der Waals surface area contributed by atoms with E-state index in [1.165, 1.54) is 39.1 Å². The summed E-state index contributed by atoms with van der Waals surface area (Å²) in [4.78, 5) is 87.3. The van der Waals surface area contributed by atoms with Crippen LogP contribution in [0, 0.1) is 5.41 Å². The minimum Gasteiger partial charge on any atom is -0.481 e. The van der Waals surface area contributed by atoms with E-state index in [1.54, 1.807) is 49.4 Å². The zero-order valence-electron chi connectivity index (χ0n) is 38.5. The number of rotatable bonds is 6. The summed E-state index contributed by atoms with van der Waals surface area (Å²) in [6.45, 7) is 7.71. The lowest BCUT2D eigenvalue weighted by molar-refractivity contribution is -0.139. The van der Waals surface area contributed by atoms with E-state index in [-0.39, 0.29) is 45.6 Å². The number of carbonyl (C=O) groups excluding carboxylic acids is 6. The molecule has 2 amide bonds. The highest BCUT2D eigenvalue weighted by Gasteiger charge is 2.54. The number of aliphatic carboxylic acids is 1. The van der Waals surface area contributed by atoms with Crippen LogP contribution in [-0.4, -0.2) is 95.2 Å². The number of hydrogen-bond donors (Lipinski definition) is 6. The van der Waals surface area contributed by atoms with Crippen LogP contribution in [0.4, 0.5) is 27.5 Å². The second-order valence-corrected chi connectivity index (χ2v) is 17.0. The monoisotopic (exact) mass is 915 g/mol. The van der Waals surface area contributed by atoms with E-state index < -0.39 is 29.5 Å². The van der Waals surface area contributed by atoms with Crippen molar-refractivity contribution in [3.63, 3.8) is 0 Å². The van der Waals surface area contributed by atoms with E-state index in [2.05, 4.69) is 36.4 Å². The third kappa shape index (κ3) is 11.9. The summed E-state index contributed by atoms with van der Waals surface area (Å²) in [6.07, 6.45) is 9.87. The minimum atomic E-state index is -0.833. The minimum absolute atomic E-state index is 0.0382. The van der Waals surface area contributed by atoms with E-state index in [0.717, 1.165) is 75.1 Å². The Bertz CT molecular complexity index is 2430.